The van der Waals surface area contributed by atoms with Gasteiger partial charge >= 0.3 is 0 Å². The van der Waals surface area contributed by atoms with E-state index in [9.17, 15) is 0 Å². The van der Waals surface area contributed by atoms with E-state index in [2.05, 4.69) is 26.0 Å². The molecule has 2 nitrogen and oxygen atoms in total. The van der Waals surface area contributed by atoms with Crippen molar-refractivity contribution in [1.82, 2.24) is 0 Å². The summed E-state index contributed by atoms with van der Waals surface area (Å²) in [5, 5.41) is 0. The molecule has 2 bridgehead atoms. The Balaban J connectivity index is 1.65. The molecule has 2 fully saturated rings. The van der Waals surface area contributed by atoms with Gasteiger partial charge in [-0.2, -0.15) is 0 Å². The quantitative estimate of drug-likeness (QED) is 0.794. The van der Waals surface area contributed by atoms with Crippen LogP contribution in [0.25, 0.3) is 0 Å². The van der Waals surface area contributed by atoms with Gasteiger partial charge in [0.1, 0.15) is 18.0 Å². The van der Waals surface area contributed by atoms with Crippen LogP contribution in [0.4, 0.5) is 0 Å². The summed E-state index contributed by atoms with van der Waals surface area (Å²) < 4.78 is 12.1. The van der Waals surface area contributed by atoms with Gasteiger partial charge in [-0.25, -0.2) is 0 Å². The van der Waals surface area contributed by atoms with Crippen LogP contribution in [0.3, 0.4) is 0 Å². The molecule has 0 aliphatic carbocycles. The Morgan fingerprint density at radius 3 is 2.59 bits per heavy atom. The van der Waals surface area contributed by atoms with Gasteiger partial charge < -0.3 is 9.47 Å². The predicted octanol–water partition coefficient (Wildman–Crippen LogP) is 3.48. The van der Waals surface area contributed by atoms with Crippen LogP contribution in [0.5, 0.6) is 5.75 Å². The fraction of sp³-hybridized carbons (Fsp3) is 0.600. The molecule has 17 heavy (non-hydrogen) atoms. The maximum absolute atomic E-state index is 6.17. The van der Waals surface area contributed by atoms with Gasteiger partial charge in [-0.15, -0.1) is 0 Å². The molecule has 2 aliphatic heterocycles. The molecule has 0 aromatic heterocycles. The van der Waals surface area contributed by atoms with Crippen LogP contribution in [0.1, 0.15) is 38.2 Å². The highest BCUT2D eigenvalue weighted by molar-refractivity contribution is 5.27. The predicted molar refractivity (Wildman–Crippen MR) is 67.4 cm³/mol. The van der Waals surface area contributed by atoms with Crippen molar-refractivity contribution in [3.63, 3.8) is 0 Å². The Hall–Kier alpha value is -1.02. The van der Waals surface area contributed by atoms with Crippen molar-refractivity contribution in [3.05, 3.63) is 29.8 Å². The molecule has 0 unspecified atom stereocenters. The number of aryl methyl sites for hydroxylation is 1. The number of benzene rings is 1. The highest BCUT2D eigenvalue weighted by Gasteiger charge is 2.53. The summed E-state index contributed by atoms with van der Waals surface area (Å²) in [4.78, 5) is 0. The second kappa shape index (κ2) is 3.74. The molecule has 0 saturated carbocycles. The fourth-order valence-corrected chi connectivity index (χ4v) is 3.06. The molecule has 0 atom stereocenters. The summed E-state index contributed by atoms with van der Waals surface area (Å²) in [5.41, 5.74) is 1.37. The fourth-order valence-electron chi connectivity index (χ4n) is 3.06. The summed E-state index contributed by atoms with van der Waals surface area (Å²) in [6.07, 6.45) is 4.67. The normalized spacial score (nSPS) is 35.2. The minimum Gasteiger partial charge on any atom is -0.491 e. The summed E-state index contributed by atoms with van der Waals surface area (Å²) in [7, 11) is 0. The van der Waals surface area contributed by atoms with E-state index in [1.165, 1.54) is 18.4 Å². The van der Waals surface area contributed by atoms with Crippen molar-refractivity contribution in [2.24, 2.45) is 0 Å². The lowest BCUT2D eigenvalue weighted by Crippen LogP contribution is -2.32. The van der Waals surface area contributed by atoms with Gasteiger partial charge in [0.2, 0.25) is 0 Å². The minimum absolute atomic E-state index is 0.00149. The van der Waals surface area contributed by atoms with Crippen LogP contribution in [0.2, 0.25) is 0 Å². The maximum Gasteiger partial charge on any atom is 0.119 e. The smallest absolute Gasteiger partial charge is 0.119 e. The SMILES string of the molecule is Cc1cccc(OCC23CCC(C)(CC2)O3)c1. The average Bonchev–Trinajstić information content (AvgIpc) is 2.81. The number of hydrogen-bond donors (Lipinski definition) is 0. The van der Waals surface area contributed by atoms with Gasteiger partial charge in [0.25, 0.3) is 0 Å². The lowest BCUT2D eigenvalue weighted by atomic mass is 9.83. The van der Waals surface area contributed by atoms with Gasteiger partial charge in [-0.05, 0) is 57.2 Å². The first-order valence-corrected chi connectivity index (χ1v) is 6.49. The molecule has 0 radical (unpaired) electrons. The number of rotatable bonds is 3. The monoisotopic (exact) mass is 232 g/mol. The molecular weight excluding hydrogens is 212 g/mol. The van der Waals surface area contributed by atoms with E-state index in [0.717, 1.165) is 18.6 Å². The summed E-state index contributed by atoms with van der Waals surface area (Å²) in [6, 6.07) is 8.23. The van der Waals surface area contributed by atoms with Gasteiger partial charge in [-0.3, -0.25) is 0 Å². The number of hydrogen-bond acceptors (Lipinski definition) is 2. The largest absolute Gasteiger partial charge is 0.491 e. The molecule has 2 saturated heterocycles. The van der Waals surface area contributed by atoms with Gasteiger partial charge in [-0.1, -0.05) is 12.1 Å². The first-order valence-electron chi connectivity index (χ1n) is 6.49. The van der Waals surface area contributed by atoms with E-state index < -0.39 is 0 Å². The van der Waals surface area contributed by atoms with Gasteiger partial charge in [0.15, 0.2) is 0 Å². The molecule has 1 aromatic rings. The zero-order valence-corrected chi connectivity index (χ0v) is 10.7. The van der Waals surface area contributed by atoms with E-state index in [1.807, 2.05) is 12.1 Å². The number of fused-ring (bicyclic) bond motifs is 2. The third-order valence-electron chi connectivity index (χ3n) is 4.17. The lowest BCUT2D eigenvalue weighted by molar-refractivity contribution is -0.0597. The average molecular weight is 232 g/mol. The molecule has 92 valence electrons. The van der Waals surface area contributed by atoms with Crippen LogP contribution in [0.15, 0.2) is 24.3 Å². The Morgan fingerprint density at radius 2 is 2.00 bits per heavy atom. The summed E-state index contributed by atoms with van der Waals surface area (Å²) in [6.45, 7) is 5.02. The molecule has 3 rings (SSSR count). The maximum atomic E-state index is 6.17. The molecule has 2 heterocycles. The van der Waals surface area contributed by atoms with Crippen LogP contribution >= 0.6 is 0 Å². The molecule has 0 spiro atoms. The molecule has 0 amide bonds. The standard InChI is InChI=1S/C15H20O2/c1-12-4-3-5-13(10-12)16-11-15-8-6-14(2,17-15)7-9-15/h3-5,10H,6-9,11H2,1-2H3. The third-order valence-corrected chi connectivity index (χ3v) is 4.17. The zero-order chi connectivity index (χ0) is 11.9. The summed E-state index contributed by atoms with van der Waals surface area (Å²) >= 11 is 0. The highest BCUT2D eigenvalue weighted by atomic mass is 16.6. The first kappa shape index (κ1) is 11.1. The van der Waals surface area contributed by atoms with Crippen molar-refractivity contribution in [3.8, 4) is 5.75 Å². The summed E-state index contributed by atoms with van der Waals surface area (Å²) in [5.74, 6) is 0.962. The third kappa shape index (κ3) is 2.06. The van der Waals surface area contributed by atoms with Crippen molar-refractivity contribution in [1.29, 1.82) is 0 Å². The Bertz CT molecular complexity index is 417. The molecule has 1 aromatic carbocycles. The second-order valence-electron chi connectivity index (χ2n) is 5.84. The minimum atomic E-state index is -0.00149. The van der Waals surface area contributed by atoms with E-state index in [4.69, 9.17) is 9.47 Å². The van der Waals surface area contributed by atoms with Crippen LogP contribution in [-0.4, -0.2) is 17.8 Å². The Morgan fingerprint density at radius 1 is 1.24 bits per heavy atom. The second-order valence-corrected chi connectivity index (χ2v) is 5.84. The van der Waals surface area contributed by atoms with E-state index >= 15 is 0 Å². The van der Waals surface area contributed by atoms with Crippen molar-refractivity contribution in [2.75, 3.05) is 6.61 Å². The van der Waals surface area contributed by atoms with Gasteiger partial charge in [0, 0.05) is 0 Å². The van der Waals surface area contributed by atoms with E-state index in [0.29, 0.717) is 6.61 Å². The van der Waals surface area contributed by atoms with Crippen LogP contribution < -0.4 is 4.74 Å². The molecule has 2 aliphatic rings. The topological polar surface area (TPSA) is 18.5 Å². The molecular formula is C15H20O2. The van der Waals surface area contributed by atoms with E-state index in [1.54, 1.807) is 0 Å². The van der Waals surface area contributed by atoms with Crippen molar-refractivity contribution >= 4 is 0 Å². The number of ether oxygens (including phenoxy) is 2. The first-order chi connectivity index (χ1) is 8.09. The lowest BCUT2D eigenvalue weighted by Gasteiger charge is -2.24. The van der Waals surface area contributed by atoms with Crippen LogP contribution in [-0.2, 0) is 4.74 Å². The Kier molecular flexibility index (Phi) is 2.44. The highest BCUT2D eigenvalue weighted by Crippen LogP contribution is 2.50. The van der Waals surface area contributed by atoms with Crippen LogP contribution in [0, 0.1) is 6.92 Å². The molecule has 2 heteroatoms. The van der Waals surface area contributed by atoms with E-state index in [-0.39, 0.29) is 11.2 Å². The Labute approximate surface area is 103 Å². The van der Waals surface area contributed by atoms with Crippen molar-refractivity contribution in [2.45, 2.75) is 50.7 Å². The van der Waals surface area contributed by atoms with Gasteiger partial charge in [0.05, 0.1) is 5.60 Å². The molecule has 0 N–H and O–H groups in total. The zero-order valence-electron chi connectivity index (χ0n) is 10.7. The van der Waals surface area contributed by atoms with Crippen molar-refractivity contribution < 1.29 is 9.47 Å².